The van der Waals surface area contributed by atoms with Crippen LogP contribution in [0, 0.1) is 0 Å². The van der Waals surface area contributed by atoms with Crippen molar-refractivity contribution in [1.29, 1.82) is 0 Å². The predicted molar refractivity (Wildman–Crippen MR) is 85.7 cm³/mol. The average Bonchev–Trinajstić information content (AvgIpc) is 2.65. The van der Waals surface area contributed by atoms with Gasteiger partial charge in [0.15, 0.2) is 0 Å². The Morgan fingerprint density at radius 2 is 2.21 bits per heavy atom. The molecule has 1 aromatic heterocycles. The number of rotatable bonds is 3. The summed E-state index contributed by atoms with van der Waals surface area (Å²) in [4.78, 5) is 12.7. The first-order valence-corrected chi connectivity index (χ1v) is 7.49. The molecular weight excluding hydrogens is 324 g/mol. The molecule has 0 saturated heterocycles. The van der Waals surface area contributed by atoms with Crippen molar-refractivity contribution in [2.24, 2.45) is 0 Å². The van der Waals surface area contributed by atoms with E-state index in [1.165, 1.54) is 16.9 Å². The van der Waals surface area contributed by atoms with E-state index < -0.39 is 0 Å². The molecule has 2 rings (SSSR count). The van der Waals surface area contributed by atoms with Gasteiger partial charge in [0.25, 0.3) is 5.91 Å². The number of allylic oxidation sites excluding steroid dienone is 1. The van der Waals surface area contributed by atoms with E-state index in [0.717, 1.165) is 14.6 Å². The highest BCUT2D eigenvalue weighted by atomic mass is 79.9. The van der Waals surface area contributed by atoms with E-state index in [1.807, 2.05) is 38.1 Å². The summed E-state index contributed by atoms with van der Waals surface area (Å²) in [6.45, 7) is 4.52. The fourth-order valence-electron chi connectivity index (χ4n) is 1.69. The van der Waals surface area contributed by atoms with Gasteiger partial charge < -0.3 is 11.1 Å². The number of thiophene rings is 1. The second kappa shape index (κ2) is 5.75. The van der Waals surface area contributed by atoms with Crippen LogP contribution in [0.25, 0.3) is 10.1 Å². The second-order valence-electron chi connectivity index (χ2n) is 4.48. The van der Waals surface area contributed by atoms with Crippen LogP contribution in [0.3, 0.4) is 0 Å². The van der Waals surface area contributed by atoms with Crippen molar-refractivity contribution in [1.82, 2.24) is 5.32 Å². The number of amides is 1. The standard InChI is InChI=1S/C14H15BrN2OS/c1-8(2)5-6-17-14(18)13-12(16)10-4-3-9(15)7-11(10)19-13/h3-5,7H,6,16H2,1-2H3,(H,17,18). The quantitative estimate of drug-likeness (QED) is 0.832. The maximum absolute atomic E-state index is 12.1. The van der Waals surface area contributed by atoms with Gasteiger partial charge in [-0.05, 0) is 26.0 Å². The van der Waals surface area contributed by atoms with Crippen molar-refractivity contribution in [2.75, 3.05) is 12.3 Å². The Hall–Kier alpha value is -1.33. The highest BCUT2D eigenvalue weighted by molar-refractivity contribution is 9.10. The number of nitrogens with two attached hydrogens (primary N) is 1. The molecule has 1 aromatic carbocycles. The lowest BCUT2D eigenvalue weighted by Crippen LogP contribution is -2.23. The van der Waals surface area contributed by atoms with Gasteiger partial charge >= 0.3 is 0 Å². The Kier molecular flexibility index (Phi) is 4.27. The van der Waals surface area contributed by atoms with Gasteiger partial charge in [0, 0.05) is 21.1 Å². The van der Waals surface area contributed by atoms with Crippen molar-refractivity contribution < 1.29 is 4.79 Å². The number of halogens is 1. The van der Waals surface area contributed by atoms with Gasteiger partial charge in [-0.3, -0.25) is 4.79 Å². The third-order valence-corrected chi connectivity index (χ3v) is 4.33. The fourth-order valence-corrected chi connectivity index (χ4v) is 3.28. The lowest BCUT2D eigenvalue weighted by Gasteiger charge is -2.01. The zero-order valence-corrected chi connectivity index (χ0v) is 13.2. The summed E-state index contributed by atoms with van der Waals surface area (Å²) < 4.78 is 2.00. The highest BCUT2D eigenvalue weighted by Gasteiger charge is 2.15. The van der Waals surface area contributed by atoms with Crippen LogP contribution in [-0.2, 0) is 0 Å². The summed E-state index contributed by atoms with van der Waals surface area (Å²) in [6.07, 6.45) is 1.97. The van der Waals surface area contributed by atoms with Gasteiger partial charge in [-0.25, -0.2) is 0 Å². The van der Waals surface area contributed by atoms with E-state index in [2.05, 4.69) is 21.2 Å². The van der Waals surface area contributed by atoms with E-state index in [4.69, 9.17) is 5.73 Å². The van der Waals surface area contributed by atoms with Gasteiger partial charge in [0.05, 0.1) is 5.69 Å². The van der Waals surface area contributed by atoms with Crippen LogP contribution in [0.5, 0.6) is 0 Å². The number of carbonyl (C=O) groups is 1. The molecular formula is C14H15BrN2OS. The Morgan fingerprint density at radius 1 is 1.47 bits per heavy atom. The number of hydrogen-bond acceptors (Lipinski definition) is 3. The summed E-state index contributed by atoms with van der Waals surface area (Å²) in [6, 6.07) is 5.83. The monoisotopic (exact) mass is 338 g/mol. The van der Waals surface area contributed by atoms with Crippen LogP contribution in [0.4, 0.5) is 5.69 Å². The number of hydrogen-bond donors (Lipinski definition) is 2. The number of nitrogen functional groups attached to an aromatic ring is 1. The van der Waals surface area contributed by atoms with Crippen molar-refractivity contribution >= 4 is 48.9 Å². The van der Waals surface area contributed by atoms with E-state index >= 15 is 0 Å². The summed E-state index contributed by atoms with van der Waals surface area (Å²) >= 11 is 4.84. The number of carbonyl (C=O) groups excluding carboxylic acids is 1. The second-order valence-corrected chi connectivity index (χ2v) is 6.44. The molecule has 1 heterocycles. The highest BCUT2D eigenvalue weighted by Crippen LogP contribution is 2.35. The van der Waals surface area contributed by atoms with Crippen molar-refractivity contribution in [3.05, 3.63) is 39.2 Å². The number of fused-ring (bicyclic) bond motifs is 1. The zero-order valence-electron chi connectivity index (χ0n) is 10.8. The number of nitrogens with one attached hydrogen (secondary N) is 1. The molecule has 100 valence electrons. The van der Waals surface area contributed by atoms with Crippen molar-refractivity contribution in [3.63, 3.8) is 0 Å². The molecule has 2 aromatic rings. The minimum atomic E-state index is -0.118. The van der Waals surface area contributed by atoms with E-state index in [-0.39, 0.29) is 5.91 Å². The predicted octanol–water partition coefficient (Wildman–Crippen LogP) is 3.94. The van der Waals surface area contributed by atoms with Crippen molar-refractivity contribution in [2.45, 2.75) is 13.8 Å². The van der Waals surface area contributed by atoms with E-state index in [9.17, 15) is 4.79 Å². The SMILES string of the molecule is CC(C)=CCNC(=O)c1sc2cc(Br)ccc2c1N. The van der Waals surface area contributed by atoms with Gasteiger partial charge in [0.1, 0.15) is 4.88 Å². The summed E-state index contributed by atoms with van der Waals surface area (Å²) in [5.41, 5.74) is 7.77. The molecule has 0 spiro atoms. The molecule has 0 aliphatic rings. The fraction of sp³-hybridized carbons (Fsp3) is 0.214. The van der Waals surface area contributed by atoms with Crippen LogP contribution in [-0.4, -0.2) is 12.5 Å². The number of anilines is 1. The van der Waals surface area contributed by atoms with Crippen LogP contribution in [0.1, 0.15) is 23.5 Å². The Bertz CT molecular complexity index is 657. The molecule has 0 radical (unpaired) electrons. The van der Waals surface area contributed by atoms with Crippen molar-refractivity contribution in [3.8, 4) is 0 Å². The molecule has 5 heteroatoms. The smallest absolute Gasteiger partial charge is 0.263 e. The maximum atomic E-state index is 12.1. The molecule has 0 aliphatic carbocycles. The first-order chi connectivity index (χ1) is 8.99. The van der Waals surface area contributed by atoms with Crippen LogP contribution in [0.2, 0.25) is 0 Å². The topological polar surface area (TPSA) is 55.1 Å². The van der Waals surface area contributed by atoms with Gasteiger partial charge in [-0.15, -0.1) is 11.3 Å². The first-order valence-electron chi connectivity index (χ1n) is 5.88. The number of benzene rings is 1. The summed E-state index contributed by atoms with van der Waals surface area (Å²) in [7, 11) is 0. The largest absolute Gasteiger partial charge is 0.397 e. The lowest BCUT2D eigenvalue weighted by atomic mass is 10.2. The first kappa shape index (κ1) is 14.1. The maximum Gasteiger partial charge on any atom is 0.263 e. The van der Waals surface area contributed by atoms with Crippen LogP contribution < -0.4 is 11.1 Å². The molecule has 0 bridgehead atoms. The normalized spacial score (nSPS) is 10.5. The Labute approximate surface area is 124 Å². The minimum absolute atomic E-state index is 0.118. The Morgan fingerprint density at radius 3 is 2.89 bits per heavy atom. The molecule has 0 unspecified atom stereocenters. The third kappa shape index (κ3) is 3.16. The zero-order chi connectivity index (χ0) is 14.0. The average molecular weight is 339 g/mol. The van der Waals surface area contributed by atoms with Gasteiger partial charge in [0.2, 0.25) is 0 Å². The molecule has 0 fully saturated rings. The molecule has 3 N–H and O–H groups in total. The lowest BCUT2D eigenvalue weighted by molar-refractivity contribution is 0.0963. The molecule has 0 aliphatic heterocycles. The molecule has 0 atom stereocenters. The molecule has 1 amide bonds. The molecule has 0 saturated carbocycles. The minimum Gasteiger partial charge on any atom is -0.397 e. The van der Waals surface area contributed by atoms with Gasteiger partial charge in [-0.2, -0.15) is 0 Å². The van der Waals surface area contributed by atoms with E-state index in [0.29, 0.717) is 17.1 Å². The van der Waals surface area contributed by atoms with Crippen LogP contribution >= 0.6 is 27.3 Å². The molecule has 3 nitrogen and oxygen atoms in total. The summed E-state index contributed by atoms with van der Waals surface area (Å²) in [5, 5.41) is 3.78. The summed E-state index contributed by atoms with van der Waals surface area (Å²) in [5.74, 6) is -0.118. The Balaban J connectivity index is 2.27. The third-order valence-electron chi connectivity index (χ3n) is 2.67. The van der Waals surface area contributed by atoms with Gasteiger partial charge in [-0.1, -0.05) is 33.6 Å². The molecule has 19 heavy (non-hydrogen) atoms. The van der Waals surface area contributed by atoms with Crippen LogP contribution in [0.15, 0.2) is 34.3 Å². The van der Waals surface area contributed by atoms with E-state index in [1.54, 1.807) is 0 Å².